The summed E-state index contributed by atoms with van der Waals surface area (Å²) in [5.74, 6) is 2.28. The predicted molar refractivity (Wildman–Crippen MR) is 158 cm³/mol. The van der Waals surface area contributed by atoms with Crippen molar-refractivity contribution in [1.82, 2.24) is 5.32 Å². The molecule has 5 aliphatic rings. The van der Waals surface area contributed by atoms with Crippen LogP contribution in [-0.2, 0) is 9.53 Å². The topological polar surface area (TPSA) is 121 Å². The fourth-order valence-corrected chi connectivity index (χ4v) is 9.36. The molecule has 1 aromatic heterocycles. The molecule has 0 spiro atoms. The number of fused-ring (bicyclic) bond motifs is 1. The second kappa shape index (κ2) is 10.5. The Morgan fingerprint density at radius 2 is 1.61 bits per heavy atom. The molecule has 4 aliphatic carbocycles. The Kier molecular flexibility index (Phi) is 7.08. The van der Waals surface area contributed by atoms with Gasteiger partial charge in [0.05, 0.1) is 44.2 Å². The van der Waals surface area contributed by atoms with Gasteiger partial charge < -0.3 is 35.3 Å². The summed E-state index contributed by atoms with van der Waals surface area (Å²) in [7, 11) is 4.64. The number of carbonyl (C=O) groups excluding carboxylic acids is 2. The quantitative estimate of drug-likeness (QED) is 0.352. The molecule has 1 aliphatic heterocycles. The van der Waals surface area contributed by atoms with Crippen molar-refractivity contribution in [3.8, 4) is 17.2 Å². The first-order chi connectivity index (χ1) is 19.7. The molecular formula is C31H39N3O6S. The summed E-state index contributed by atoms with van der Waals surface area (Å²) in [6, 6.07) is 3.64. The third kappa shape index (κ3) is 4.60. The standard InChI is InChI=1S/C31H39N3O6S/c1-6-40-30(36)22-15(2)33-29-24(23(22)19-10-20(37-3)26(39-5)21(11-19)38-4)25(32)27(41-29)28(35)34-31-12-16-7-17(13-31)9-18(8-16)14-31/h10-11,16-18,23,33H,6-9,12-14,32H2,1-5H3,(H,34,35). The van der Waals surface area contributed by atoms with Gasteiger partial charge in [-0.05, 0) is 87.8 Å². The molecule has 1 amide bonds. The molecule has 1 unspecified atom stereocenters. The lowest BCUT2D eigenvalue weighted by atomic mass is 9.53. The van der Waals surface area contributed by atoms with E-state index in [0.29, 0.717) is 68.0 Å². The smallest absolute Gasteiger partial charge is 0.336 e. The summed E-state index contributed by atoms with van der Waals surface area (Å²) in [5, 5.41) is 7.56. The Hall–Kier alpha value is -3.40. The lowest BCUT2D eigenvalue weighted by molar-refractivity contribution is -0.138. The van der Waals surface area contributed by atoms with Crippen LogP contribution in [0.15, 0.2) is 23.4 Å². The number of amides is 1. The van der Waals surface area contributed by atoms with E-state index in [2.05, 4.69) is 10.6 Å². The zero-order chi connectivity index (χ0) is 29.1. The largest absolute Gasteiger partial charge is 0.493 e. The molecule has 1 aromatic carbocycles. The molecule has 1 atom stereocenters. The Bertz CT molecular complexity index is 1370. The number of hydrogen-bond donors (Lipinski definition) is 3. The van der Waals surface area contributed by atoms with Crippen LogP contribution >= 0.6 is 11.3 Å². The lowest BCUT2D eigenvalue weighted by Gasteiger charge is -2.56. The maximum atomic E-state index is 13.9. The van der Waals surface area contributed by atoms with Gasteiger partial charge in [0.15, 0.2) is 11.5 Å². The Labute approximate surface area is 244 Å². The zero-order valence-corrected chi connectivity index (χ0v) is 25.2. The van der Waals surface area contributed by atoms with E-state index >= 15 is 0 Å². The zero-order valence-electron chi connectivity index (χ0n) is 24.3. The van der Waals surface area contributed by atoms with Crippen molar-refractivity contribution in [1.29, 1.82) is 0 Å². The van der Waals surface area contributed by atoms with Crippen molar-refractivity contribution >= 4 is 33.9 Å². The lowest BCUT2D eigenvalue weighted by Crippen LogP contribution is -2.59. The van der Waals surface area contributed by atoms with Gasteiger partial charge in [0, 0.05) is 22.7 Å². The summed E-state index contributed by atoms with van der Waals surface area (Å²) in [5.41, 5.74) is 9.52. The van der Waals surface area contributed by atoms with Crippen molar-refractivity contribution in [2.45, 2.75) is 63.8 Å². The molecule has 220 valence electrons. The molecule has 4 saturated carbocycles. The number of allylic oxidation sites excluding steroid dienone is 1. The van der Waals surface area contributed by atoms with Crippen molar-refractivity contribution < 1.29 is 28.5 Å². The predicted octanol–water partition coefficient (Wildman–Crippen LogP) is 5.45. The van der Waals surface area contributed by atoms with Crippen molar-refractivity contribution in [2.24, 2.45) is 17.8 Å². The third-order valence-corrected chi connectivity index (χ3v) is 10.5. The molecule has 7 rings (SSSR count). The van der Waals surface area contributed by atoms with E-state index in [1.807, 2.05) is 19.1 Å². The minimum absolute atomic E-state index is 0.135. The fraction of sp³-hybridized carbons (Fsp3) is 0.548. The Morgan fingerprint density at radius 3 is 2.12 bits per heavy atom. The number of thiophene rings is 1. The number of nitrogens with two attached hydrogens (primary N) is 1. The Morgan fingerprint density at radius 1 is 1.02 bits per heavy atom. The molecule has 4 N–H and O–H groups in total. The second-order valence-corrected chi connectivity index (χ2v) is 13.0. The normalized spacial score (nSPS) is 27.6. The van der Waals surface area contributed by atoms with Gasteiger partial charge in [0.2, 0.25) is 5.75 Å². The number of ether oxygens (including phenoxy) is 4. The van der Waals surface area contributed by atoms with Crippen molar-refractivity contribution in [2.75, 3.05) is 39.0 Å². The van der Waals surface area contributed by atoms with Gasteiger partial charge in [-0.3, -0.25) is 4.79 Å². The maximum Gasteiger partial charge on any atom is 0.336 e. The number of benzene rings is 1. The van der Waals surface area contributed by atoms with Crippen LogP contribution in [0.5, 0.6) is 17.2 Å². The molecule has 10 heteroatoms. The molecular weight excluding hydrogens is 542 g/mol. The van der Waals surface area contributed by atoms with Crippen LogP contribution in [0.2, 0.25) is 0 Å². The van der Waals surface area contributed by atoms with E-state index in [4.69, 9.17) is 24.7 Å². The summed E-state index contributed by atoms with van der Waals surface area (Å²) in [6.07, 6.45) is 7.05. The summed E-state index contributed by atoms with van der Waals surface area (Å²) in [4.78, 5) is 27.8. The first-order valence-corrected chi connectivity index (χ1v) is 15.2. The number of rotatable bonds is 8. The number of nitrogen functional groups attached to an aromatic ring is 1. The molecule has 0 saturated heterocycles. The first kappa shape index (κ1) is 27.8. The van der Waals surface area contributed by atoms with Crippen LogP contribution in [0, 0.1) is 17.8 Å². The maximum absolute atomic E-state index is 13.9. The average molecular weight is 582 g/mol. The third-order valence-electron chi connectivity index (χ3n) is 9.40. The molecule has 4 bridgehead atoms. The van der Waals surface area contributed by atoms with Gasteiger partial charge in [-0.1, -0.05) is 0 Å². The van der Waals surface area contributed by atoms with Gasteiger partial charge in [0.1, 0.15) is 4.88 Å². The van der Waals surface area contributed by atoms with Crippen molar-refractivity contribution in [3.05, 3.63) is 39.4 Å². The number of methoxy groups -OCH3 is 3. The highest BCUT2D eigenvalue weighted by Crippen LogP contribution is 2.56. The van der Waals surface area contributed by atoms with E-state index in [1.54, 1.807) is 28.3 Å². The number of nitrogens with one attached hydrogen (secondary N) is 2. The molecule has 9 nitrogen and oxygen atoms in total. The van der Waals surface area contributed by atoms with Crippen LogP contribution in [-0.4, -0.2) is 45.4 Å². The van der Waals surface area contributed by atoms with E-state index < -0.39 is 11.9 Å². The minimum Gasteiger partial charge on any atom is -0.493 e. The average Bonchev–Trinajstić information content (AvgIpc) is 3.26. The highest BCUT2D eigenvalue weighted by molar-refractivity contribution is 7.19. The number of esters is 1. The van der Waals surface area contributed by atoms with Gasteiger partial charge in [-0.2, -0.15) is 0 Å². The van der Waals surface area contributed by atoms with Crippen LogP contribution in [0.4, 0.5) is 10.7 Å². The van der Waals surface area contributed by atoms with Crippen LogP contribution in [0.1, 0.15) is 79.1 Å². The Balaban J connectivity index is 1.43. The SMILES string of the molecule is CCOC(=O)C1=C(C)Nc2sc(C(=O)NC34CC5CC(CC(C5)C3)C4)c(N)c2C1c1cc(OC)c(OC)c(OC)c1. The summed E-state index contributed by atoms with van der Waals surface area (Å²) in [6.45, 7) is 3.84. The van der Waals surface area contributed by atoms with Crippen LogP contribution in [0.3, 0.4) is 0 Å². The molecule has 41 heavy (non-hydrogen) atoms. The number of anilines is 2. The number of carbonyl (C=O) groups is 2. The van der Waals surface area contributed by atoms with Crippen LogP contribution in [0.25, 0.3) is 0 Å². The fourth-order valence-electron chi connectivity index (χ4n) is 8.25. The van der Waals surface area contributed by atoms with Gasteiger partial charge in [-0.15, -0.1) is 11.3 Å². The van der Waals surface area contributed by atoms with E-state index in [0.717, 1.165) is 24.3 Å². The van der Waals surface area contributed by atoms with E-state index in [9.17, 15) is 9.59 Å². The highest BCUT2D eigenvalue weighted by Gasteiger charge is 2.52. The molecule has 0 radical (unpaired) electrons. The molecule has 4 fully saturated rings. The first-order valence-electron chi connectivity index (χ1n) is 14.4. The van der Waals surface area contributed by atoms with Crippen molar-refractivity contribution in [3.63, 3.8) is 0 Å². The molecule has 2 aromatic rings. The minimum atomic E-state index is -0.614. The summed E-state index contributed by atoms with van der Waals surface area (Å²) >= 11 is 1.33. The summed E-state index contributed by atoms with van der Waals surface area (Å²) < 4.78 is 22.3. The number of hydrogen-bond acceptors (Lipinski definition) is 9. The van der Waals surface area contributed by atoms with Gasteiger partial charge in [-0.25, -0.2) is 4.79 Å². The monoisotopic (exact) mass is 581 g/mol. The highest BCUT2D eigenvalue weighted by atomic mass is 32.1. The van der Waals surface area contributed by atoms with E-state index in [1.165, 1.54) is 30.6 Å². The van der Waals surface area contributed by atoms with E-state index in [-0.39, 0.29) is 18.1 Å². The van der Waals surface area contributed by atoms with Gasteiger partial charge in [0.25, 0.3) is 5.91 Å². The molecule has 2 heterocycles. The van der Waals surface area contributed by atoms with Crippen LogP contribution < -0.4 is 30.6 Å². The second-order valence-electron chi connectivity index (χ2n) is 12.0. The van der Waals surface area contributed by atoms with Gasteiger partial charge >= 0.3 is 5.97 Å².